The number of nitrogens with two attached hydrogens (primary N) is 1. The van der Waals surface area contributed by atoms with E-state index in [0.29, 0.717) is 6.42 Å². The quantitative estimate of drug-likeness (QED) is 0.696. The number of hydrogen-bond donors (Lipinski definition) is 1. The van der Waals surface area contributed by atoms with Gasteiger partial charge in [0.15, 0.2) is 0 Å². The number of primary amides is 1. The molecular weight excluding hydrogens is 296 g/mol. The van der Waals surface area contributed by atoms with Crippen LogP contribution >= 0.6 is 0 Å². The maximum Gasteiger partial charge on any atom is 0.335 e. The van der Waals surface area contributed by atoms with Gasteiger partial charge >= 0.3 is 6.03 Å². The Morgan fingerprint density at radius 2 is 1.83 bits per heavy atom. The number of nitro benzene ring substituents is 1. The van der Waals surface area contributed by atoms with Crippen LogP contribution in [0.1, 0.15) is 23.6 Å². The van der Waals surface area contributed by atoms with Crippen LogP contribution in [0.15, 0.2) is 59.7 Å². The zero-order chi connectivity index (χ0) is 16.4. The van der Waals surface area contributed by atoms with Crippen molar-refractivity contribution < 1.29 is 9.72 Å². The zero-order valence-electron chi connectivity index (χ0n) is 12.1. The molecule has 0 saturated carbocycles. The van der Waals surface area contributed by atoms with Crippen molar-refractivity contribution in [3.8, 4) is 0 Å². The van der Waals surface area contributed by atoms with Gasteiger partial charge in [0, 0.05) is 18.6 Å². The van der Waals surface area contributed by atoms with Crippen LogP contribution in [0.4, 0.5) is 10.5 Å². The molecule has 0 fully saturated rings. The zero-order valence-corrected chi connectivity index (χ0v) is 12.1. The number of hydrazone groups is 1. The van der Waals surface area contributed by atoms with E-state index in [0.717, 1.165) is 16.8 Å². The van der Waals surface area contributed by atoms with E-state index in [1.54, 1.807) is 12.1 Å². The van der Waals surface area contributed by atoms with Crippen LogP contribution in [-0.2, 0) is 0 Å². The second-order valence-corrected chi connectivity index (χ2v) is 5.16. The third kappa shape index (κ3) is 2.89. The van der Waals surface area contributed by atoms with E-state index in [9.17, 15) is 14.9 Å². The van der Waals surface area contributed by atoms with Gasteiger partial charge < -0.3 is 5.73 Å². The van der Waals surface area contributed by atoms with Crippen molar-refractivity contribution in [1.82, 2.24) is 5.01 Å². The predicted molar refractivity (Wildman–Crippen MR) is 84.9 cm³/mol. The van der Waals surface area contributed by atoms with Crippen molar-refractivity contribution in [1.29, 1.82) is 0 Å². The van der Waals surface area contributed by atoms with Gasteiger partial charge in [-0.3, -0.25) is 10.1 Å². The summed E-state index contributed by atoms with van der Waals surface area (Å²) >= 11 is 0. The maximum atomic E-state index is 11.7. The van der Waals surface area contributed by atoms with E-state index in [4.69, 9.17) is 5.73 Å². The minimum atomic E-state index is -0.653. The lowest BCUT2D eigenvalue weighted by molar-refractivity contribution is -0.384. The van der Waals surface area contributed by atoms with Crippen molar-refractivity contribution in [3.63, 3.8) is 0 Å². The molecular formula is C16H14N4O3. The molecule has 1 atom stereocenters. The number of non-ortho nitro benzene ring substituents is 1. The van der Waals surface area contributed by atoms with E-state index in [-0.39, 0.29) is 11.7 Å². The SMILES string of the molecule is NC(=O)N1N=C(c2ccccc2)CC1c1ccc([N+](=O)[O-])cc1. The van der Waals surface area contributed by atoms with Crippen molar-refractivity contribution in [3.05, 3.63) is 75.8 Å². The van der Waals surface area contributed by atoms with Gasteiger partial charge in [-0.25, -0.2) is 9.80 Å². The van der Waals surface area contributed by atoms with E-state index in [1.807, 2.05) is 30.3 Å². The van der Waals surface area contributed by atoms with Gasteiger partial charge in [-0.15, -0.1) is 0 Å². The lowest BCUT2D eigenvalue weighted by Gasteiger charge is -2.19. The van der Waals surface area contributed by atoms with E-state index in [1.165, 1.54) is 17.1 Å². The van der Waals surface area contributed by atoms with Gasteiger partial charge in [0.1, 0.15) is 0 Å². The lowest BCUT2D eigenvalue weighted by atomic mass is 9.98. The standard InChI is InChI=1S/C16H14N4O3/c17-16(21)19-15(12-6-8-13(9-7-12)20(22)23)10-14(18-19)11-4-2-1-3-5-11/h1-9,15H,10H2,(H2,17,21). The van der Waals surface area contributed by atoms with Gasteiger partial charge in [0.2, 0.25) is 0 Å². The highest BCUT2D eigenvalue weighted by Gasteiger charge is 2.32. The average molecular weight is 310 g/mol. The number of nitrogens with zero attached hydrogens (tertiary/aromatic N) is 3. The molecule has 1 heterocycles. The molecule has 7 nitrogen and oxygen atoms in total. The highest BCUT2D eigenvalue weighted by molar-refractivity contribution is 6.03. The first-order valence-corrected chi connectivity index (χ1v) is 7.02. The fraction of sp³-hybridized carbons (Fsp3) is 0.125. The minimum Gasteiger partial charge on any atom is -0.350 e. The number of amides is 2. The second-order valence-electron chi connectivity index (χ2n) is 5.16. The summed E-state index contributed by atoms with van der Waals surface area (Å²) in [5.41, 5.74) is 7.85. The molecule has 0 saturated heterocycles. The molecule has 1 unspecified atom stereocenters. The summed E-state index contributed by atoms with van der Waals surface area (Å²) in [4.78, 5) is 21.9. The van der Waals surface area contributed by atoms with Gasteiger partial charge in [-0.05, 0) is 11.1 Å². The summed E-state index contributed by atoms with van der Waals surface area (Å²) in [7, 11) is 0. The number of benzene rings is 2. The Labute approximate surface area is 132 Å². The Bertz CT molecular complexity index is 772. The molecule has 2 N–H and O–H groups in total. The molecule has 0 aromatic heterocycles. The molecule has 23 heavy (non-hydrogen) atoms. The number of urea groups is 1. The van der Waals surface area contributed by atoms with Crippen molar-refractivity contribution >= 4 is 17.4 Å². The van der Waals surface area contributed by atoms with Gasteiger partial charge in [-0.1, -0.05) is 42.5 Å². The molecule has 1 aliphatic rings. The van der Waals surface area contributed by atoms with Gasteiger partial charge in [-0.2, -0.15) is 5.10 Å². The molecule has 116 valence electrons. The van der Waals surface area contributed by atoms with Crippen molar-refractivity contribution in [2.24, 2.45) is 10.8 Å². The Kier molecular flexibility index (Phi) is 3.76. The van der Waals surface area contributed by atoms with Crippen LogP contribution in [0.3, 0.4) is 0 Å². The summed E-state index contributed by atoms with van der Waals surface area (Å²) in [6.07, 6.45) is 0.505. The molecule has 0 aliphatic carbocycles. The van der Waals surface area contributed by atoms with E-state index >= 15 is 0 Å². The molecule has 1 aliphatic heterocycles. The second kappa shape index (κ2) is 5.88. The van der Waals surface area contributed by atoms with Gasteiger partial charge in [0.25, 0.3) is 5.69 Å². The highest BCUT2D eigenvalue weighted by atomic mass is 16.6. The normalized spacial score (nSPS) is 17.0. The average Bonchev–Trinajstić information content (AvgIpc) is 3.01. The van der Waals surface area contributed by atoms with Crippen LogP contribution < -0.4 is 5.73 Å². The third-order valence-electron chi connectivity index (χ3n) is 3.73. The summed E-state index contributed by atoms with van der Waals surface area (Å²) in [6.45, 7) is 0. The molecule has 0 spiro atoms. The predicted octanol–water partition coefficient (Wildman–Crippen LogP) is 2.82. The number of rotatable bonds is 3. The van der Waals surface area contributed by atoms with Crippen LogP contribution in [0.5, 0.6) is 0 Å². The molecule has 2 amide bonds. The summed E-state index contributed by atoms with van der Waals surface area (Å²) in [5.74, 6) is 0. The molecule has 3 rings (SSSR count). The van der Waals surface area contributed by atoms with Crippen LogP contribution in [-0.4, -0.2) is 21.7 Å². The Morgan fingerprint density at radius 3 is 2.39 bits per heavy atom. The molecule has 0 radical (unpaired) electrons. The monoisotopic (exact) mass is 310 g/mol. The fourth-order valence-electron chi connectivity index (χ4n) is 2.60. The number of carbonyl (C=O) groups is 1. The first-order chi connectivity index (χ1) is 11.1. The Balaban J connectivity index is 1.91. The third-order valence-corrected chi connectivity index (χ3v) is 3.73. The van der Waals surface area contributed by atoms with Gasteiger partial charge in [0.05, 0.1) is 16.7 Å². The van der Waals surface area contributed by atoms with E-state index < -0.39 is 11.0 Å². The minimum absolute atomic E-state index is 0.00146. The Morgan fingerprint density at radius 1 is 1.17 bits per heavy atom. The van der Waals surface area contributed by atoms with Crippen LogP contribution in [0.25, 0.3) is 0 Å². The van der Waals surface area contributed by atoms with E-state index in [2.05, 4.69) is 5.10 Å². The molecule has 2 aromatic rings. The number of hydrogen-bond acceptors (Lipinski definition) is 4. The number of nitro groups is 1. The first-order valence-electron chi connectivity index (χ1n) is 7.02. The fourth-order valence-corrected chi connectivity index (χ4v) is 2.60. The molecule has 0 bridgehead atoms. The number of carbonyl (C=O) groups excluding carboxylic acids is 1. The summed E-state index contributed by atoms with van der Waals surface area (Å²) < 4.78 is 0. The van der Waals surface area contributed by atoms with Crippen LogP contribution in [0, 0.1) is 10.1 Å². The highest BCUT2D eigenvalue weighted by Crippen LogP contribution is 2.33. The molecule has 7 heteroatoms. The summed E-state index contributed by atoms with van der Waals surface area (Å²) in [6, 6.07) is 14.6. The largest absolute Gasteiger partial charge is 0.350 e. The van der Waals surface area contributed by atoms with Crippen molar-refractivity contribution in [2.45, 2.75) is 12.5 Å². The van der Waals surface area contributed by atoms with Crippen molar-refractivity contribution in [2.75, 3.05) is 0 Å². The Hall–Kier alpha value is -3.22. The lowest BCUT2D eigenvalue weighted by Crippen LogP contribution is -2.31. The van der Waals surface area contributed by atoms with Crippen LogP contribution in [0.2, 0.25) is 0 Å². The maximum absolute atomic E-state index is 11.7. The molecule has 2 aromatic carbocycles. The summed E-state index contributed by atoms with van der Waals surface area (Å²) in [5, 5.41) is 16.3. The first kappa shape index (κ1) is 14.7. The smallest absolute Gasteiger partial charge is 0.335 e. The topological polar surface area (TPSA) is 102 Å².